The van der Waals surface area contributed by atoms with Gasteiger partial charge in [-0.3, -0.25) is 4.79 Å². The molecule has 1 saturated carbocycles. The number of hydrogen-bond acceptors (Lipinski definition) is 3. The van der Waals surface area contributed by atoms with E-state index in [0.29, 0.717) is 6.61 Å². The van der Waals surface area contributed by atoms with Gasteiger partial charge in [-0.25, -0.2) is 0 Å². The van der Waals surface area contributed by atoms with Gasteiger partial charge in [0, 0.05) is 0 Å². The molecule has 0 aromatic heterocycles. The van der Waals surface area contributed by atoms with Gasteiger partial charge >= 0.3 is 5.97 Å². The van der Waals surface area contributed by atoms with Crippen LogP contribution in [0, 0.1) is 11.8 Å². The molecule has 0 bridgehead atoms. The molecular weight excluding hydrogens is 226 g/mol. The molecule has 3 heteroatoms. The molecule has 0 spiro atoms. The van der Waals surface area contributed by atoms with E-state index in [2.05, 4.69) is 19.2 Å². The molecule has 0 aliphatic heterocycles. The Hall–Kier alpha value is -0.570. The SMILES string of the molecule is CC(C)CCNCCCOC(=O)C1CCCCC1. The van der Waals surface area contributed by atoms with Gasteiger partial charge in [-0.15, -0.1) is 0 Å². The monoisotopic (exact) mass is 255 g/mol. The molecule has 1 rings (SSSR count). The van der Waals surface area contributed by atoms with Crippen molar-refractivity contribution in [1.82, 2.24) is 5.32 Å². The van der Waals surface area contributed by atoms with Gasteiger partial charge in [-0.1, -0.05) is 33.1 Å². The molecule has 18 heavy (non-hydrogen) atoms. The lowest BCUT2D eigenvalue weighted by Gasteiger charge is -2.19. The summed E-state index contributed by atoms with van der Waals surface area (Å²) in [6.07, 6.45) is 7.87. The van der Waals surface area contributed by atoms with Gasteiger partial charge in [0.2, 0.25) is 0 Å². The Labute approximate surface area is 112 Å². The Morgan fingerprint density at radius 1 is 1.22 bits per heavy atom. The van der Waals surface area contributed by atoms with Gasteiger partial charge in [0.15, 0.2) is 0 Å². The van der Waals surface area contributed by atoms with Crippen LogP contribution in [0.4, 0.5) is 0 Å². The second-order valence-electron chi connectivity index (χ2n) is 5.79. The number of esters is 1. The summed E-state index contributed by atoms with van der Waals surface area (Å²) in [6, 6.07) is 0. The second-order valence-corrected chi connectivity index (χ2v) is 5.79. The summed E-state index contributed by atoms with van der Waals surface area (Å²) >= 11 is 0. The Kier molecular flexibility index (Phi) is 8.06. The number of nitrogens with one attached hydrogen (secondary N) is 1. The van der Waals surface area contributed by atoms with Gasteiger partial charge in [0.1, 0.15) is 0 Å². The molecule has 0 atom stereocenters. The van der Waals surface area contributed by atoms with Gasteiger partial charge in [0.05, 0.1) is 12.5 Å². The molecule has 0 aromatic rings. The second kappa shape index (κ2) is 9.37. The van der Waals surface area contributed by atoms with Crippen LogP contribution in [-0.2, 0) is 9.53 Å². The molecule has 0 aromatic carbocycles. The van der Waals surface area contributed by atoms with Crippen molar-refractivity contribution in [3.8, 4) is 0 Å². The Balaban J connectivity index is 1.92. The molecule has 1 aliphatic rings. The van der Waals surface area contributed by atoms with Crippen LogP contribution in [0.3, 0.4) is 0 Å². The van der Waals surface area contributed by atoms with Crippen molar-refractivity contribution < 1.29 is 9.53 Å². The van der Waals surface area contributed by atoms with E-state index in [1.807, 2.05) is 0 Å². The zero-order valence-corrected chi connectivity index (χ0v) is 12.0. The normalized spacial score (nSPS) is 17.1. The van der Waals surface area contributed by atoms with Crippen molar-refractivity contribution in [1.29, 1.82) is 0 Å². The van der Waals surface area contributed by atoms with Crippen molar-refractivity contribution in [2.75, 3.05) is 19.7 Å². The third kappa shape index (κ3) is 7.00. The van der Waals surface area contributed by atoms with Crippen LogP contribution in [0.25, 0.3) is 0 Å². The largest absolute Gasteiger partial charge is 0.465 e. The highest BCUT2D eigenvalue weighted by atomic mass is 16.5. The van der Waals surface area contributed by atoms with Crippen molar-refractivity contribution in [3.05, 3.63) is 0 Å². The molecule has 0 unspecified atom stereocenters. The molecule has 1 aliphatic carbocycles. The summed E-state index contributed by atoms with van der Waals surface area (Å²) in [7, 11) is 0. The Morgan fingerprint density at radius 2 is 1.94 bits per heavy atom. The van der Waals surface area contributed by atoms with E-state index in [0.717, 1.165) is 38.3 Å². The number of carbonyl (C=O) groups excluding carboxylic acids is 1. The first kappa shape index (κ1) is 15.5. The molecular formula is C15H29NO2. The fourth-order valence-corrected chi connectivity index (χ4v) is 2.34. The molecule has 1 N–H and O–H groups in total. The van der Waals surface area contributed by atoms with Crippen LogP contribution in [0.15, 0.2) is 0 Å². The van der Waals surface area contributed by atoms with E-state index in [4.69, 9.17) is 4.74 Å². The maximum Gasteiger partial charge on any atom is 0.308 e. The van der Waals surface area contributed by atoms with Gasteiger partial charge in [-0.05, 0) is 44.7 Å². The van der Waals surface area contributed by atoms with E-state index in [1.165, 1.54) is 25.7 Å². The molecule has 0 amide bonds. The minimum absolute atomic E-state index is 0.0388. The highest BCUT2D eigenvalue weighted by molar-refractivity contribution is 5.72. The summed E-state index contributed by atoms with van der Waals surface area (Å²) in [6.45, 7) is 7.05. The van der Waals surface area contributed by atoms with Crippen LogP contribution in [-0.4, -0.2) is 25.7 Å². The summed E-state index contributed by atoms with van der Waals surface area (Å²) in [5.41, 5.74) is 0. The average molecular weight is 255 g/mol. The van der Waals surface area contributed by atoms with Crippen LogP contribution >= 0.6 is 0 Å². The zero-order chi connectivity index (χ0) is 13.2. The van der Waals surface area contributed by atoms with E-state index < -0.39 is 0 Å². The van der Waals surface area contributed by atoms with Crippen molar-refractivity contribution in [3.63, 3.8) is 0 Å². The first-order chi connectivity index (χ1) is 8.70. The molecule has 3 nitrogen and oxygen atoms in total. The zero-order valence-electron chi connectivity index (χ0n) is 12.0. The average Bonchev–Trinajstić information content (AvgIpc) is 2.38. The first-order valence-corrected chi connectivity index (χ1v) is 7.57. The number of rotatable bonds is 8. The molecule has 0 heterocycles. The number of hydrogen-bond donors (Lipinski definition) is 1. The van der Waals surface area contributed by atoms with Gasteiger partial charge in [0.25, 0.3) is 0 Å². The van der Waals surface area contributed by atoms with Crippen LogP contribution < -0.4 is 5.32 Å². The molecule has 0 saturated heterocycles. The lowest BCUT2D eigenvalue weighted by atomic mass is 9.89. The van der Waals surface area contributed by atoms with E-state index in [-0.39, 0.29) is 11.9 Å². The maximum atomic E-state index is 11.7. The van der Waals surface area contributed by atoms with Crippen molar-refractivity contribution in [2.24, 2.45) is 11.8 Å². The van der Waals surface area contributed by atoms with Crippen molar-refractivity contribution in [2.45, 2.75) is 58.8 Å². The minimum Gasteiger partial charge on any atom is -0.465 e. The lowest BCUT2D eigenvalue weighted by molar-refractivity contribution is -0.149. The Morgan fingerprint density at radius 3 is 2.61 bits per heavy atom. The first-order valence-electron chi connectivity index (χ1n) is 7.57. The number of ether oxygens (including phenoxy) is 1. The van der Waals surface area contributed by atoms with E-state index >= 15 is 0 Å². The standard InChI is InChI=1S/C15H29NO2/c1-13(2)9-11-16-10-6-12-18-15(17)14-7-4-3-5-8-14/h13-14,16H,3-12H2,1-2H3. The minimum atomic E-state index is 0.0388. The lowest BCUT2D eigenvalue weighted by Crippen LogP contribution is -2.23. The summed E-state index contributed by atoms with van der Waals surface area (Å²) in [5, 5.41) is 3.38. The molecule has 1 fully saturated rings. The summed E-state index contributed by atoms with van der Waals surface area (Å²) in [4.78, 5) is 11.7. The topological polar surface area (TPSA) is 38.3 Å². The van der Waals surface area contributed by atoms with Gasteiger partial charge < -0.3 is 10.1 Å². The molecule has 0 radical (unpaired) electrons. The predicted molar refractivity (Wildman–Crippen MR) is 74.5 cm³/mol. The maximum absolute atomic E-state index is 11.7. The predicted octanol–water partition coefficient (Wildman–Crippen LogP) is 3.14. The number of carbonyl (C=O) groups is 1. The molecule has 106 valence electrons. The van der Waals surface area contributed by atoms with Crippen LogP contribution in [0.2, 0.25) is 0 Å². The van der Waals surface area contributed by atoms with Gasteiger partial charge in [-0.2, -0.15) is 0 Å². The quantitative estimate of drug-likeness (QED) is 0.535. The summed E-state index contributed by atoms with van der Waals surface area (Å²) < 4.78 is 5.33. The van der Waals surface area contributed by atoms with Crippen molar-refractivity contribution >= 4 is 5.97 Å². The Bertz CT molecular complexity index is 223. The van der Waals surface area contributed by atoms with E-state index in [1.54, 1.807) is 0 Å². The highest BCUT2D eigenvalue weighted by Crippen LogP contribution is 2.24. The highest BCUT2D eigenvalue weighted by Gasteiger charge is 2.21. The third-order valence-electron chi connectivity index (χ3n) is 3.58. The smallest absolute Gasteiger partial charge is 0.308 e. The fraction of sp³-hybridized carbons (Fsp3) is 0.933. The third-order valence-corrected chi connectivity index (χ3v) is 3.58. The van der Waals surface area contributed by atoms with E-state index in [9.17, 15) is 4.79 Å². The fourth-order valence-electron chi connectivity index (χ4n) is 2.34. The summed E-state index contributed by atoms with van der Waals surface area (Å²) in [5.74, 6) is 0.978. The van der Waals surface area contributed by atoms with Crippen LogP contribution in [0.1, 0.15) is 58.8 Å². The van der Waals surface area contributed by atoms with Crippen LogP contribution in [0.5, 0.6) is 0 Å².